The molecule has 134 valence electrons. The molecule has 0 aliphatic rings. The maximum atomic E-state index is 12.2. The first kappa shape index (κ1) is 20.1. The summed E-state index contributed by atoms with van der Waals surface area (Å²) in [6, 6.07) is 14.7. The number of hydrogen-bond acceptors (Lipinski definition) is 3. The molecule has 2 rings (SSSR count). The molecular weight excluding hydrogens is 470 g/mol. The molecule has 2 aromatic carbocycles. The summed E-state index contributed by atoms with van der Waals surface area (Å²) in [6.07, 6.45) is 0.645. The summed E-state index contributed by atoms with van der Waals surface area (Å²) >= 11 is 6.68. The number of nitrogens with one attached hydrogen (secondary N) is 1. The van der Waals surface area contributed by atoms with Crippen LogP contribution in [0.2, 0.25) is 0 Å². The Morgan fingerprint density at radius 3 is 1.96 bits per heavy atom. The second-order valence-corrected chi connectivity index (χ2v) is 9.85. The van der Waals surface area contributed by atoms with Gasteiger partial charge in [0.25, 0.3) is 0 Å². The van der Waals surface area contributed by atoms with Crippen LogP contribution in [-0.4, -0.2) is 26.1 Å². The van der Waals surface area contributed by atoms with E-state index >= 15 is 0 Å². The van der Waals surface area contributed by atoms with Crippen molar-refractivity contribution in [1.82, 2.24) is 5.32 Å². The van der Waals surface area contributed by atoms with Crippen LogP contribution >= 0.6 is 31.9 Å². The van der Waals surface area contributed by atoms with Crippen LogP contribution in [0, 0.1) is 0 Å². The molecule has 1 unspecified atom stereocenters. The fourth-order valence-electron chi connectivity index (χ4n) is 2.43. The van der Waals surface area contributed by atoms with Gasteiger partial charge in [0.2, 0.25) is 5.91 Å². The standard InChI is InChI=1S/C18H19Br2NO3S/c1-13(10-14-2-6-16(19)7-3-14)21-18(22)12-25(23,24)11-15-4-8-17(20)9-5-15/h2-9,13H,10-12H2,1H3,(H,21,22). The van der Waals surface area contributed by atoms with Crippen molar-refractivity contribution in [1.29, 1.82) is 0 Å². The van der Waals surface area contributed by atoms with E-state index in [9.17, 15) is 13.2 Å². The Morgan fingerprint density at radius 1 is 0.960 bits per heavy atom. The molecule has 1 atom stereocenters. The maximum absolute atomic E-state index is 12.2. The topological polar surface area (TPSA) is 63.2 Å². The zero-order valence-corrected chi connectivity index (χ0v) is 17.7. The van der Waals surface area contributed by atoms with E-state index in [1.807, 2.05) is 31.2 Å². The summed E-state index contributed by atoms with van der Waals surface area (Å²) in [4.78, 5) is 12.1. The number of halogens is 2. The lowest BCUT2D eigenvalue weighted by molar-refractivity contribution is -0.119. The van der Waals surface area contributed by atoms with Crippen molar-refractivity contribution >= 4 is 47.6 Å². The molecule has 0 aliphatic heterocycles. The third-order valence-electron chi connectivity index (χ3n) is 3.51. The van der Waals surface area contributed by atoms with Crippen molar-refractivity contribution in [3.8, 4) is 0 Å². The molecule has 1 amide bonds. The van der Waals surface area contributed by atoms with Crippen molar-refractivity contribution < 1.29 is 13.2 Å². The van der Waals surface area contributed by atoms with Gasteiger partial charge < -0.3 is 5.32 Å². The summed E-state index contributed by atoms with van der Waals surface area (Å²) < 4.78 is 26.3. The lowest BCUT2D eigenvalue weighted by atomic mass is 10.1. The van der Waals surface area contributed by atoms with E-state index in [1.54, 1.807) is 24.3 Å². The highest BCUT2D eigenvalue weighted by atomic mass is 79.9. The lowest BCUT2D eigenvalue weighted by Gasteiger charge is -2.14. The number of carbonyl (C=O) groups is 1. The van der Waals surface area contributed by atoms with Crippen molar-refractivity contribution in [2.45, 2.75) is 25.1 Å². The van der Waals surface area contributed by atoms with Gasteiger partial charge in [0.15, 0.2) is 9.84 Å². The second-order valence-electron chi connectivity index (χ2n) is 5.96. The summed E-state index contributed by atoms with van der Waals surface area (Å²) in [5.41, 5.74) is 1.74. The van der Waals surface area contributed by atoms with E-state index in [0.29, 0.717) is 12.0 Å². The van der Waals surface area contributed by atoms with Crippen LogP contribution in [0.4, 0.5) is 0 Å². The van der Waals surface area contributed by atoms with E-state index in [-0.39, 0.29) is 11.8 Å². The van der Waals surface area contributed by atoms with Crippen LogP contribution in [-0.2, 0) is 26.8 Å². The Balaban J connectivity index is 1.87. The number of amides is 1. The quantitative estimate of drug-likeness (QED) is 0.643. The van der Waals surface area contributed by atoms with Gasteiger partial charge in [0.05, 0.1) is 5.75 Å². The first-order valence-corrected chi connectivity index (χ1v) is 11.1. The molecule has 0 bridgehead atoms. The highest BCUT2D eigenvalue weighted by molar-refractivity contribution is 9.10. The number of hydrogen-bond donors (Lipinski definition) is 1. The summed E-state index contributed by atoms with van der Waals surface area (Å²) in [6.45, 7) is 1.86. The van der Waals surface area contributed by atoms with E-state index in [1.165, 1.54) is 0 Å². The predicted octanol–water partition coefficient (Wildman–Crippen LogP) is 3.87. The van der Waals surface area contributed by atoms with Gasteiger partial charge in [-0.25, -0.2) is 8.42 Å². The summed E-state index contributed by atoms with van der Waals surface area (Å²) in [7, 11) is -3.50. The number of benzene rings is 2. The van der Waals surface area contributed by atoms with E-state index < -0.39 is 21.5 Å². The molecule has 0 aliphatic carbocycles. The highest BCUT2D eigenvalue weighted by Crippen LogP contribution is 2.14. The number of sulfone groups is 1. The van der Waals surface area contributed by atoms with Crippen LogP contribution in [0.3, 0.4) is 0 Å². The van der Waals surface area contributed by atoms with Crippen LogP contribution < -0.4 is 5.32 Å². The van der Waals surface area contributed by atoms with Crippen molar-refractivity contribution in [2.75, 3.05) is 5.75 Å². The fraction of sp³-hybridized carbons (Fsp3) is 0.278. The van der Waals surface area contributed by atoms with Gasteiger partial charge in [-0.15, -0.1) is 0 Å². The Labute approximate surface area is 165 Å². The molecule has 25 heavy (non-hydrogen) atoms. The Hall–Kier alpha value is -1.18. The van der Waals surface area contributed by atoms with E-state index in [2.05, 4.69) is 37.2 Å². The number of carbonyl (C=O) groups excluding carboxylic acids is 1. The molecular formula is C18H19Br2NO3S. The van der Waals surface area contributed by atoms with Crippen LogP contribution in [0.1, 0.15) is 18.1 Å². The molecule has 7 heteroatoms. The molecule has 0 saturated carbocycles. The van der Waals surface area contributed by atoms with Crippen molar-refractivity contribution in [3.05, 3.63) is 68.6 Å². The summed E-state index contributed by atoms with van der Waals surface area (Å²) in [5, 5.41) is 2.76. The lowest BCUT2D eigenvalue weighted by Crippen LogP contribution is -2.38. The molecule has 4 nitrogen and oxygen atoms in total. The van der Waals surface area contributed by atoms with Gasteiger partial charge in [-0.2, -0.15) is 0 Å². The monoisotopic (exact) mass is 487 g/mol. The normalized spacial score (nSPS) is 12.6. The number of rotatable bonds is 7. The molecule has 0 saturated heterocycles. The first-order chi connectivity index (χ1) is 11.7. The zero-order valence-electron chi connectivity index (χ0n) is 13.7. The highest BCUT2D eigenvalue weighted by Gasteiger charge is 2.19. The van der Waals surface area contributed by atoms with Crippen molar-refractivity contribution in [3.63, 3.8) is 0 Å². The Morgan fingerprint density at radius 2 is 1.44 bits per heavy atom. The second kappa shape index (κ2) is 8.96. The third-order valence-corrected chi connectivity index (χ3v) is 6.05. The van der Waals surface area contributed by atoms with Crippen LogP contribution in [0.5, 0.6) is 0 Å². The van der Waals surface area contributed by atoms with Crippen LogP contribution in [0.25, 0.3) is 0 Å². The van der Waals surface area contributed by atoms with Gasteiger partial charge in [-0.1, -0.05) is 56.1 Å². The third kappa shape index (κ3) is 7.30. The predicted molar refractivity (Wildman–Crippen MR) is 107 cm³/mol. The summed E-state index contributed by atoms with van der Waals surface area (Å²) in [5.74, 6) is -1.12. The SMILES string of the molecule is CC(Cc1ccc(Br)cc1)NC(=O)CS(=O)(=O)Cc1ccc(Br)cc1. The molecule has 0 spiro atoms. The van der Waals surface area contributed by atoms with Gasteiger partial charge in [-0.05, 0) is 48.7 Å². The van der Waals surface area contributed by atoms with Gasteiger partial charge >= 0.3 is 0 Å². The minimum absolute atomic E-state index is 0.142. The van der Waals surface area contributed by atoms with E-state index in [0.717, 1.165) is 14.5 Å². The Bertz CT molecular complexity index is 818. The van der Waals surface area contributed by atoms with Gasteiger partial charge in [0, 0.05) is 15.0 Å². The minimum Gasteiger partial charge on any atom is -0.352 e. The maximum Gasteiger partial charge on any atom is 0.235 e. The van der Waals surface area contributed by atoms with E-state index in [4.69, 9.17) is 0 Å². The molecule has 0 aromatic heterocycles. The first-order valence-electron chi connectivity index (χ1n) is 7.72. The average molecular weight is 489 g/mol. The molecule has 0 radical (unpaired) electrons. The van der Waals surface area contributed by atoms with Gasteiger partial charge in [0.1, 0.15) is 5.75 Å². The zero-order chi connectivity index (χ0) is 18.4. The molecule has 1 N–H and O–H groups in total. The largest absolute Gasteiger partial charge is 0.352 e. The van der Waals surface area contributed by atoms with Gasteiger partial charge in [-0.3, -0.25) is 4.79 Å². The van der Waals surface area contributed by atoms with Crippen LogP contribution in [0.15, 0.2) is 57.5 Å². The smallest absolute Gasteiger partial charge is 0.235 e. The molecule has 2 aromatic rings. The molecule has 0 heterocycles. The minimum atomic E-state index is -3.50. The Kier molecular flexibility index (Phi) is 7.22. The fourth-order valence-corrected chi connectivity index (χ4v) is 4.24. The van der Waals surface area contributed by atoms with Crippen molar-refractivity contribution in [2.24, 2.45) is 0 Å². The molecule has 0 fully saturated rings. The average Bonchev–Trinajstić information content (AvgIpc) is 2.51.